The first kappa shape index (κ1) is 17.5. The fourth-order valence-corrected chi connectivity index (χ4v) is 2.58. The van der Waals surface area contributed by atoms with Gasteiger partial charge in [-0.2, -0.15) is 0 Å². The van der Waals surface area contributed by atoms with Crippen molar-refractivity contribution < 1.29 is 9.59 Å². The Morgan fingerprint density at radius 2 is 1.71 bits per heavy atom. The van der Waals surface area contributed by atoms with E-state index in [0.29, 0.717) is 12.2 Å². The van der Waals surface area contributed by atoms with Crippen LogP contribution in [-0.2, 0) is 11.3 Å². The molecular formula is C19H23N3O2. The third kappa shape index (κ3) is 5.12. The Bertz CT molecular complexity index is 669. The molecule has 0 aliphatic rings. The van der Waals surface area contributed by atoms with Gasteiger partial charge in [0, 0.05) is 12.2 Å². The Balaban J connectivity index is 1.96. The number of carbonyl (C=O) groups excluding carboxylic acids is 2. The Hall–Kier alpha value is -2.82. The summed E-state index contributed by atoms with van der Waals surface area (Å²) in [5.74, 6) is -0.102. The number of hydrogen-bond acceptors (Lipinski definition) is 2. The molecule has 2 rings (SSSR count). The summed E-state index contributed by atoms with van der Waals surface area (Å²) < 4.78 is 0. The number of nitrogens with one attached hydrogen (secondary N) is 2. The molecule has 2 aromatic rings. The Labute approximate surface area is 142 Å². The Morgan fingerprint density at radius 3 is 2.29 bits per heavy atom. The van der Waals surface area contributed by atoms with Gasteiger partial charge in [-0.1, -0.05) is 55.8 Å². The first-order valence-electron chi connectivity index (χ1n) is 8.08. The number of anilines is 1. The van der Waals surface area contributed by atoms with Gasteiger partial charge < -0.3 is 16.4 Å². The molecule has 0 saturated carbocycles. The van der Waals surface area contributed by atoms with Crippen molar-refractivity contribution in [2.24, 2.45) is 5.73 Å². The highest BCUT2D eigenvalue weighted by Crippen LogP contribution is 2.21. The summed E-state index contributed by atoms with van der Waals surface area (Å²) in [5.41, 5.74) is 7.70. The fraction of sp³-hybridized carbons (Fsp3) is 0.263. The molecule has 3 amide bonds. The van der Waals surface area contributed by atoms with Crippen LogP contribution in [0.5, 0.6) is 0 Å². The predicted octanol–water partition coefficient (Wildman–Crippen LogP) is 3.38. The molecule has 5 heteroatoms. The molecule has 5 nitrogen and oxygen atoms in total. The molecule has 0 aliphatic carbocycles. The molecular weight excluding hydrogens is 302 g/mol. The van der Waals surface area contributed by atoms with Crippen molar-refractivity contribution in [1.29, 1.82) is 0 Å². The lowest BCUT2D eigenvalue weighted by atomic mass is 9.93. The van der Waals surface area contributed by atoms with E-state index in [4.69, 9.17) is 5.73 Å². The number of amides is 3. The molecule has 1 unspecified atom stereocenters. The lowest BCUT2D eigenvalue weighted by Gasteiger charge is -2.16. The van der Waals surface area contributed by atoms with Gasteiger partial charge in [0.05, 0.1) is 5.92 Å². The van der Waals surface area contributed by atoms with Gasteiger partial charge in [-0.15, -0.1) is 0 Å². The third-order valence-corrected chi connectivity index (χ3v) is 3.78. The van der Waals surface area contributed by atoms with Gasteiger partial charge >= 0.3 is 6.03 Å². The maximum absolute atomic E-state index is 12.5. The van der Waals surface area contributed by atoms with E-state index in [2.05, 4.69) is 17.6 Å². The summed E-state index contributed by atoms with van der Waals surface area (Å²) in [5, 5.41) is 5.50. The first-order valence-corrected chi connectivity index (χ1v) is 8.08. The van der Waals surface area contributed by atoms with Crippen molar-refractivity contribution in [3.63, 3.8) is 0 Å². The average molecular weight is 325 g/mol. The lowest BCUT2D eigenvalue weighted by Crippen LogP contribution is -2.29. The number of carbonyl (C=O) groups is 2. The maximum Gasteiger partial charge on any atom is 0.316 e. The zero-order chi connectivity index (χ0) is 17.4. The highest BCUT2D eigenvalue weighted by molar-refractivity contribution is 5.87. The van der Waals surface area contributed by atoms with E-state index in [0.717, 1.165) is 24.0 Å². The monoisotopic (exact) mass is 325 g/mol. The second kappa shape index (κ2) is 8.72. The van der Waals surface area contributed by atoms with Gasteiger partial charge in [0.1, 0.15) is 0 Å². The maximum atomic E-state index is 12.5. The van der Waals surface area contributed by atoms with Crippen LogP contribution in [0.15, 0.2) is 54.6 Å². The fourth-order valence-electron chi connectivity index (χ4n) is 2.58. The van der Waals surface area contributed by atoms with E-state index >= 15 is 0 Å². The molecule has 0 heterocycles. The molecule has 0 aromatic heterocycles. The zero-order valence-corrected chi connectivity index (χ0v) is 13.8. The van der Waals surface area contributed by atoms with E-state index in [1.165, 1.54) is 0 Å². The van der Waals surface area contributed by atoms with Crippen molar-refractivity contribution in [3.05, 3.63) is 65.7 Å². The number of hydrogen-bond donors (Lipinski definition) is 3. The van der Waals surface area contributed by atoms with Gasteiger partial charge in [0.2, 0.25) is 5.91 Å². The van der Waals surface area contributed by atoms with E-state index < -0.39 is 6.03 Å². The predicted molar refractivity (Wildman–Crippen MR) is 95.6 cm³/mol. The third-order valence-electron chi connectivity index (χ3n) is 3.78. The minimum atomic E-state index is -0.596. The minimum absolute atomic E-state index is 0.0300. The number of primary amides is 1. The van der Waals surface area contributed by atoms with Gasteiger partial charge in [-0.25, -0.2) is 4.79 Å². The van der Waals surface area contributed by atoms with Crippen LogP contribution in [0.25, 0.3) is 0 Å². The molecule has 0 aliphatic heterocycles. The molecule has 0 bridgehead atoms. The molecule has 126 valence electrons. The molecule has 1 atom stereocenters. The molecule has 4 N–H and O–H groups in total. The normalized spacial score (nSPS) is 11.5. The topological polar surface area (TPSA) is 84.2 Å². The lowest BCUT2D eigenvalue weighted by molar-refractivity contribution is -0.122. The minimum Gasteiger partial charge on any atom is -0.351 e. The van der Waals surface area contributed by atoms with Crippen molar-refractivity contribution in [3.8, 4) is 0 Å². The van der Waals surface area contributed by atoms with Crippen LogP contribution >= 0.6 is 0 Å². The molecule has 0 saturated heterocycles. The van der Waals surface area contributed by atoms with Gasteiger partial charge in [-0.05, 0) is 29.7 Å². The number of nitrogens with two attached hydrogens (primary N) is 1. The standard InChI is InChI=1S/C19H23N3O2/c1-2-6-17(15-7-4-3-5-8-15)18(23)21-13-14-9-11-16(12-10-14)22-19(20)24/h3-5,7-12,17H,2,6,13H2,1H3,(H,21,23)(H3,20,22,24). The summed E-state index contributed by atoms with van der Waals surface area (Å²) in [7, 11) is 0. The van der Waals surface area contributed by atoms with Crippen molar-refractivity contribution in [1.82, 2.24) is 5.32 Å². The van der Waals surface area contributed by atoms with Crippen LogP contribution in [0.1, 0.15) is 36.8 Å². The zero-order valence-electron chi connectivity index (χ0n) is 13.8. The summed E-state index contributed by atoms with van der Waals surface area (Å²) in [4.78, 5) is 23.3. The summed E-state index contributed by atoms with van der Waals surface area (Å²) >= 11 is 0. The second-order valence-corrected chi connectivity index (χ2v) is 5.66. The molecule has 0 radical (unpaired) electrons. The van der Waals surface area contributed by atoms with Gasteiger partial charge in [0.15, 0.2) is 0 Å². The quantitative estimate of drug-likeness (QED) is 0.729. The largest absolute Gasteiger partial charge is 0.351 e. The Kier molecular flexibility index (Phi) is 6.37. The highest BCUT2D eigenvalue weighted by Gasteiger charge is 2.19. The van der Waals surface area contributed by atoms with Crippen molar-refractivity contribution in [2.45, 2.75) is 32.2 Å². The van der Waals surface area contributed by atoms with Crippen LogP contribution < -0.4 is 16.4 Å². The molecule has 2 aromatic carbocycles. The van der Waals surface area contributed by atoms with Crippen molar-refractivity contribution in [2.75, 3.05) is 5.32 Å². The van der Waals surface area contributed by atoms with E-state index in [-0.39, 0.29) is 11.8 Å². The summed E-state index contributed by atoms with van der Waals surface area (Å²) in [6, 6.07) is 16.5. The smallest absolute Gasteiger partial charge is 0.316 e. The molecule has 0 fully saturated rings. The van der Waals surface area contributed by atoms with E-state index in [1.807, 2.05) is 42.5 Å². The van der Waals surface area contributed by atoms with Crippen LogP contribution in [-0.4, -0.2) is 11.9 Å². The number of benzene rings is 2. The van der Waals surface area contributed by atoms with Crippen LogP contribution in [0.2, 0.25) is 0 Å². The number of urea groups is 1. The molecule has 24 heavy (non-hydrogen) atoms. The van der Waals surface area contributed by atoms with Crippen LogP contribution in [0.4, 0.5) is 10.5 Å². The summed E-state index contributed by atoms with van der Waals surface area (Å²) in [6.07, 6.45) is 1.76. The average Bonchev–Trinajstić information content (AvgIpc) is 2.59. The Morgan fingerprint density at radius 1 is 1.04 bits per heavy atom. The van der Waals surface area contributed by atoms with E-state index in [1.54, 1.807) is 12.1 Å². The first-order chi connectivity index (χ1) is 11.6. The number of rotatable bonds is 7. The van der Waals surface area contributed by atoms with Crippen LogP contribution in [0.3, 0.4) is 0 Å². The summed E-state index contributed by atoms with van der Waals surface area (Å²) in [6.45, 7) is 2.52. The SMILES string of the molecule is CCCC(C(=O)NCc1ccc(NC(N)=O)cc1)c1ccccc1. The van der Waals surface area contributed by atoms with Gasteiger partial charge in [-0.3, -0.25) is 4.79 Å². The van der Waals surface area contributed by atoms with Gasteiger partial charge in [0.25, 0.3) is 0 Å². The second-order valence-electron chi connectivity index (χ2n) is 5.66. The van der Waals surface area contributed by atoms with E-state index in [9.17, 15) is 9.59 Å². The highest BCUT2D eigenvalue weighted by atomic mass is 16.2. The van der Waals surface area contributed by atoms with Crippen molar-refractivity contribution >= 4 is 17.6 Å². The molecule has 0 spiro atoms. The van der Waals surface area contributed by atoms with Crippen LogP contribution in [0, 0.1) is 0 Å².